The summed E-state index contributed by atoms with van der Waals surface area (Å²) < 4.78 is 0.541. The third-order valence-corrected chi connectivity index (χ3v) is 2.82. The van der Waals surface area contributed by atoms with Crippen LogP contribution in [0.4, 0.5) is 0 Å². The van der Waals surface area contributed by atoms with Crippen molar-refractivity contribution in [3.63, 3.8) is 0 Å². The van der Waals surface area contributed by atoms with Gasteiger partial charge in [-0.15, -0.1) is 0 Å². The van der Waals surface area contributed by atoms with E-state index in [1.807, 2.05) is 0 Å². The fraction of sp³-hybridized carbons (Fsp3) is 0.222. The van der Waals surface area contributed by atoms with Crippen LogP contribution in [0.25, 0.3) is 0 Å². The molecule has 4 nitrogen and oxygen atoms in total. The molecule has 0 heterocycles. The van der Waals surface area contributed by atoms with Crippen LogP contribution in [-0.2, 0) is 4.79 Å². The quantitative estimate of drug-likeness (QED) is 0.777. The fourth-order valence-corrected chi connectivity index (χ4v) is 1.73. The number of rotatable bonds is 3. The van der Waals surface area contributed by atoms with Gasteiger partial charge in [0.05, 0.1) is 0 Å². The summed E-state index contributed by atoms with van der Waals surface area (Å²) in [5.41, 5.74) is 5.18. The van der Waals surface area contributed by atoms with Crippen molar-refractivity contribution in [1.29, 1.82) is 0 Å². The van der Waals surface area contributed by atoms with Crippen LogP contribution >= 0.6 is 27.5 Å². The first-order valence-corrected chi connectivity index (χ1v) is 5.21. The first-order valence-electron chi connectivity index (χ1n) is 4.04. The molecule has 0 saturated heterocycles. The molecule has 82 valence electrons. The summed E-state index contributed by atoms with van der Waals surface area (Å²) in [6, 6.07) is 4.66. The van der Waals surface area contributed by atoms with E-state index in [0.29, 0.717) is 15.1 Å². The van der Waals surface area contributed by atoms with Crippen molar-refractivity contribution in [3.8, 4) is 0 Å². The number of nitrogens with two attached hydrogens (primary N) is 1. The lowest BCUT2D eigenvalue weighted by Gasteiger charge is -2.16. The highest BCUT2D eigenvalue weighted by Gasteiger charge is 2.25. The highest BCUT2D eigenvalue weighted by atomic mass is 79.9. The molecule has 2 unspecified atom stereocenters. The number of aliphatic hydroxyl groups is 2. The molecule has 0 bridgehead atoms. The van der Waals surface area contributed by atoms with Crippen LogP contribution in [0.3, 0.4) is 0 Å². The molecule has 0 aliphatic rings. The molecule has 4 N–H and O–H groups in total. The highest BCUT2D eigenvalue weighted by molar-refractivity contribution is 9.10. The van der Waals surface area contributed by atoms with E-state index in [2.05, 4.69) is 15.9 Å². The third kappa shape index (κ3) is 2.92. The summed E-state index contributed by atoms with van der Waals surface area (Å²) in [7, 11) is 0. The molecule has 1 rings (SSSR count). The monoisotopic (exact) mass is 293 g/mol. The van der Waals surface area contributed by atoms with E-state index in [1.165, 1.54) is 6.07 Å². The molecule has 0 aliphatic carbocycles. The number of hydrogen-bond acceptors (Lipinski definition) is 3. The van der Waals surface area contributed by atoms with Gasteiger partial charge in [0.2, 0.25) is 5.91 Å². The molecule has 1 aromatic rings. The van der Waals surface area contributed by atoms with Crippen molar-refractivity contribution in [2.75, 3.05) is 0 Å². The number of primary amides is 1. The Morgan fingerprint density at radius 1 is 1.47 bits per heavy atom. The molecule has 6 heteroatoms. The lowest BCUT2D eigenvalue weighted by molar-refractivity contribution is -0.132. The Hall–Kier alpha value is -0.620. The van der Waals surface area contributed by atoms with E-state index in [4.69, 9.17) is 17.3 Å². The topological polar surface area (TPSA) is 83.6 Å². The van der Waals surface area contributed by atoms with Gasteiger partial charge in [0.15, 0.2) is 6.10 Å². The predicted octanol–water partition coefficient (Wildman–Crippen LogP) is 0.982. The second-order valence-electron chi connectivity index (χ2n) is 2.96. The Bertz CT molecular complexity index is 386. The standard InChI is InChI=1S/C9H9BrClNO3/c10-6-2-1-4(11)3-5(6)7(13)8(14)9(12)15/h1-3,7-8,13-14H,(H2,12,15). The number of halogens is 2. The van der Waals surface area contributed by atoms with Crippen molar-refractivity contribution < 1.29 is 15.0 Å². The van der Waals surface area contributed by atoms with Crippen LogP contribution in [0, 0.1) is 0 Å². The maximum Gasteiger partial charge on any atom is 0.249 e. The molecule has 1 amide bonds. The summed E-state index contributed by atoms with van der Waals surface area (Å²) in [5, 5.41) is 19.3. The van der Waals surface area contributed by atoms with Crippen LogP contribution < -0.4 is 5.73 Å². The lowest BCUT2D eigenvalue weighted by Crippen LogP contribution is -2.34. The number of hydrogen-bond donors (Lipinski definition) is 3. The third-order valence-electron chi connectivity index (χ3n) is 1.87. The second-order valence-corrected chi connectivity index (χ2v) is 4.25. The van der Waals surface area contributed by atoms with E-state index < -0.39 is 18.1 Å². The summed E-state index contributed by atoms with van der Waals surface area (Å²) in [4.78, 5) is 10.7. The zero-order valence-electron chi connectivity index (χ0n) is 7.52. The van der Waals surface area contributed by atoms with Gasteiger partial charge in [-0.3, -0.25) is 4.79 Å². The Morgan fingerprint density at radius 2 is 2.07 bits per heavy atom. The molecule has 0 radical (unpaired) electrons. The number of amides is 1. The summed E-state index contributed by atoms with van der Waals surface area (Å²) in [5.74, 6) is -0.991. The summed E-state index contributed by atoms with van der Waals surface area (Å²) >= 11 is 8.88. The van der Waals surface area contributed by atoms with Crippen LogP contribution in [0.1, 0.15) is 11.7 Å². The molecule has 0 saturated carbocycles. The van der Waals surface area contributed by atoms with Crippen LogP contribution in [0.2, 0.25) is 5.02 Å². The van der Waals surface area contributed by atoms with Gasteiger partial charge in [-0.1, -0.05) is 27.5 Å². The van der Waals surface area contributed by atoms with E-state index in [-0.39, 0.29) is 0 Å². The average Bonchev–Trinajstić information content (AvgIpc) is 2.19. The Labute approximate surface area is 99.8 Å². The van der Waals surface area contributed by atoms with Gasteiger partial charge in [-0.05, 0) is 23.8 Å². The molecule has 2 atom stereocenters. The van der Waals surface area contributed by atoms with E-state index >= 15 is 0 Å². The maximum absolute atomic E-state index is 10.7. The van der Waals surface area contributed by atoms with E-state index in [0.717, 1.165) is 0 Å². The Balaban J connectivity index is 3.04. The normalized spacial score (nSPS) is 14.7. The van der Waals surface area contributed by atoms with Gasteiger partial charge in [0.1, 0.15) is 6.10 Å². The van der Waals surface area contributed by atoms with Crippen molar-refractivity contribution in [2.24, 2.45) is 5.73 Å². The van der Waals surface area contributed by atoms with Gasteiger partial charge in [0, 0.05) is 9.50 Å². The molecule has 15 heavy (non-hydrogen) atoms. The Morgan fingerprint density at radius 3 is 2.60 bits per heavy atom. The van der Waals surface area contributed by atoms with Crippen LogP contribution in [0.15, 0.2) is 22.7 Å². The molecule has 0 aliphatic heterocycles. The van der Waals surface area contributed by atoms with Gasteiger partial charge in [-0.2, -0.15) is 0 Å². The number of benzene rings is 1. The first-order chi connectivity index (χ1) is 6.93. The van der Waals surface area contributed by atoms with Gasteiger partial charge in [-0.25, -0.2) is 0 Å². The van der Waals surface area contributed by atoms with Crippen molar-refractivity contribution >= 4 is 33.4 Å². The molecule has 0 fully saturated rings. The first kappa shape index (κ1) is 12.4. The molecular weight excluding hydrogens is 285 g/mol. The largest absolute Gasteiger partial charge is 0.385 e. The summed E-state index contributed by atoms with van der Waals surface area (Å²) in [6.45, 7) is 0. The van der Waals surface area contributed by atoms with E-state index in [1.54, 1.807) is 12.1 Å². The molecule has 0 aromatic heterocycles. The van der Waals surface area contributed by atoms with Crippen LogP contribution in [-0.4, -0.2) is 22.2 Å². The average molecular weight is 295 g/mol. The van der Waals surface area contributed by atoms with Crippen molar-refractivity contribution in [1.82, 2.24) is 0 Å². The van der Waals surface area contributed by atoms with Gasteiger partial charge < -0.3 is 15.9 Å². The van der Waals surface area contributed by atoms with Gasteiger partial charge >= 0.3 is 0 Å². The minimum absolute atomic E-state index is 0.314. The Kier molecular flexibility index (Phi) is 4.10. The number of carbonyl (C=O) groups is 1. The fourth-order valence-electron chi connectivity index (χ4n) is 1.07. The minimum Gasteiger partial charge on any atom is -0.385 e. The van der Waals surface area contributed by atoms with Gasteiger partial charge in [0.25, 0.3) is 0 Å². The smallest absolute Gasteiger partial charge is 0.249 e. The predicted molar refractivity (Wildman–Crippen MR) is 59.3 cm³/mol. The highest BCUT2D eigenvalue weighted by Crippen LogP contribution is 2.28. The molecule has 1 aromatic carbocycles. The van der Waals surface area contributed by atoms with Crippen molar-refractivity contribution in [2.45, 2.75) is 12.2 Å². The summed E-state index contributed by atoms with van der Waals surface area (Å²) in [6.07, 6.45) is -3.05. The van der Waals surface area contributed by atoms with Crippen LogP contribution in [0.5, 0.6) is 0 Å². The zero-order chi connectivity index (χ0) is 11.6. The van der Waals surface area contributed by atoms with E-state index in [9.17, 15) is 15.0 Å². The number of carbonyl (C=O) groups excluding carboxylic acids is 1. The maximum atomic E-state index is 10.7. The molecular formula is C9H9BrClNO3. The zero-order valence-corrected chi connectivity index (χ0v) is 9.86. The minimum atomic E-state index is -1.65. The lowest BCUT2D eigenvalue weighted by atomic mass is 10.0. The second kappa shape index (κ2) is 4.94. The van der Waals surface area contributed by atoms with Crippen molar-refractivity contribution in [3.05, 3.63) is 33.3 Å². The number of aliphatic hydroxyl groups excluding tert-OH is 2. The molecule has 0 spiro atoms. The SMILES string of the molecule is NC(=O)C(O)C(O)c1cc(Cl)ccc1Br.